The fourth-order valence-electron chi connectivity index (χ4n) is 1.49. The van der Waals surface area contributed by atoms with Gasteiger partial charge in [0.05, 0.1) is 17.4 Å². The lowest BCUT2D eigenvalue weighted by Gasteiger charge is -2.00. The van der Waals surface area contributed by atoms with Crippen molar-refractivity contribution in [2.45, 2.75) is 13.5 Å². The summed E-state index contributed by atoms with van der Waals surface area (Å²) in [6.07, 6.45) is 1.75. The third-order valence-corrected chi connectivity index (χ3v) is 2.28. The number of aromatic nitrogens is 2. The van der Waals surface area contributed by atoms with Crippen molar-refractivity contribution in [3.63, 3.8) is 0 Å². The summed E-state index contributed by atoms with van der Waals surface area (Å²) in [5, 5.41) is 17.9. The minimum absolute atomic E-state index is 0. The van der Waals surface area contributed by atoms with Gasteiger partial charge in [-0.2, -0.15) is 0 Å². The minimum Gasteiger partial charge on any atom is -0.423 e. The van der Waals surface area contributed by atoms with Gasteiger partial charge in [-0.3, -0.25) is 0 Å². The maximum atomic E-state index is 8.97. The highest BCUT2D eigenvalue weighted by Crippen LogP contribution is 2.10. The van der Waals surface area contributed by atoms with Crippen LogP contribution in [0.3, 0.4) is 0 Å². The second-order valence-electron chi connectivity index (χ2n) is 3.15. The normalized spacial score (nSPS) is 10.1. The van der Waals surface area contributed by atoms with Crippen molar-refractivity contribution in [1.29, 1.82) is 0 Å². The van der Waals surface area contributed by atoms with Crippen LogP contribution in [-0.2, 0) is 6.54 Å². The Morgan fingerprint density at radius 1 is 1.40 bits per heavy atom. The van der Waals surface area contributed by atoms with Crippen molar-refractivity contribution in [2.75, 3.05) is 0 Å². The molecule has 0 fully saturated rings. The molecule has 0 aliphatic rings. The van der Waals surface area contributed by atoms with Gasteiger partial charge in [-0.1, -0.05) is 6.07 Å². The van der Waals surface area contributed by atoms with Crippen LogP contribution < -0.4 is 5.46 Å². The molecule has 0 bridgehead atoms. The molecule has 15 heavy (non-hydrogen) atoms. The molecule has 0 saturated heterocycles. The lowest BCUT2D eigenvalue weighted by Crippen LogP contribution is -2.29. The molecule has 1 aromatic carbocycles. The molecule has 0 aliphatic carbocycles. The van der Waals surface area contributed by atoms with E-state index in [4.69, 9.17) is 10.0 Å². The van der Waals surface area contributed by atoms with Crippen LogP contribution in [0.4, 0.5) is 0 Å². The molecule has 0 aliphatic heterocycles. The van der Waals surface area contributed by atoms with E-state index in [1.165, 1.54) is 0 Å². The van der Waals surface area contributed by atoms with E-state index in [1.54, 1.807) is 18.5 Å². The Morgan fingerprint density at radius 2 is 2.13 bits per heavy atom. The topological polar surface area (TPSA) is 58.3 Å². The Labute approximate surface area is 94.1 Å². The van der Waals surface area contributed by atoms with Crippen molar-refractivity contribution in [3.8, 4) is 0 Å². The van der Waals surface area contributed by atoms with E-state index in [-0.39, 0.29) is 12.4 Å². The maximum absolute atomic E-state index is 8.97. The molecule has 2 aromatic rings. The number of halogens is 1. The first-order valence-electron chi connectivity index (χ1n) is 4.53. The Morgan fingerprint density at radius 3 is 2.73 bits per heavy atom. The second-order valence-corrected chi connectivity index (χ2v) is 3.15. The highest BCUT2D eigenvalue weighted by atomic mass is 35.5. The van der Waals surface area contributed by atoms with E-state index in [0.717, 1.165) is 17.6 Å². The zero-order valence-electron chi connectivity index (χ0n) is 8.29. The van der Waals surface area contributed by atoms with Crippen molar-refractivity contribution in [3.05, 3.63) is 24.5 Å². The van der Waals surface area contributed by atoms with Gasteiger partial charge >= 0.3 is 7.12 Å². The molecule has 0 unspecified atom stereocenters. The molecule has 1 heterocycles. The molecule has 1 aromatic heterocycles. The number of fused-ring (bicyclic) bond motifs is 1. The van der Waals surface area contributed by atoms with Crippen LogP contribution in [0.15, 0.2) is 24.5 Å². The quantitative estimate of drug-likeness (QED) is 0.717. The zero-order chi connectivity index (χ0) is 10.1. The molecule has 0 amide bonds. The molecular formula is C9H12BClN2O2. The fraction of sp³-hybridized carbons (Fsp3) is 0.222. The van der Waals surface area contributed by atoms with Crippen molar-refractivity contribution >= 4 is 36.0 Å². The Balaban J connectivity index is 0.00000112. The first-order valence-corrected chi connectivity index (χ1v) is 4.53. The van der Waals surface area contributed by atoms with E-state index in [1.807, 2.05) is 17.6 Å². The van der Waals surface area contributed by atoms with Crippen LogP contribution in [0.25, 0.3) is 11.0 Å². The average Bonchev–Trinajstić information content (AvgIpc) is 2.59. The van der Waals surface area contributed by atoms with Gasteiger partial charge in [0, 0.05) is 6.54 Å². The first-order chi connectivity index (χ1) is 6.72. The number of benzene rings is 1. The van der Waals surface area contributed by atoms with E-state index < -0.39 is 7.12 Å². The van der Waals surface area contributed by atoms with Crippen LogP contribution in [0.2, 0.25) is 0 Å². The van der Waals surface area contributed by atoms with Crippen LogP contribution in [-0.4, -0.2) is 26.7 Å². The molecule has 2 N–H and O–H groups in total. The summed E-state index contributed by atoms with van der Waals surface area (Å²) in [5.74, 6) is 0. The summed E-state index contributed by atoms with van der Waals surface area (Å²) in [5.41, 5.74) is 2.27. The molecule has 0 atom stereocenters. The Hall–Kier alpha value is -1.04. The highest BCUT2D eigenvalue weighted by Gasteiger charge is 2.12. The highest BCUT2D eigenvalue weighted by molar-refractivity contribution is 6.58. The van der Waals surface area contributed by atoms with Crippen LogP contribution in [0, 0.1) is 0 Å². The van der Waals surface area contributed by atoms with Crippen molar-refractivity contribution in [2.24, 2.45) is 0 Å². The Kier molecular flexibility index (Phi) is 3.74. The standard InChI is InChI=1S/C9H11BN2O2.ClH/c1-2-12-6-11-8-5-7(10(13)14)3-4-9(8)12;/h3-6,13-14H,2H2,1H3;1H. The summed E-state index contributed by atoms with van der Waals surface area (Å²) in [6, 6.07) is 5.23. The van der Waals surface area contributed by atoms with Gasteiger partial charge in [-0.15, -0.1) is 12.4 Å². The molecule has 2 rings (SSSR count). The van der Waals surface area contributed by atoms with E-state index in [9.17, 15) is 0 Å². The molecule has 4 nitrogen and oxygen atoms in total. The van der Waals surface area contributed by atoms with E-state index in [0.29, 0.717) is 5.46 Å². The minimum atomic E-state index is -1.42. The molecule has 0 radical (unpaired) electrons. The van der Waals surface area contributed by atoms with Gasteiger partial charge in [-0.25, -0.2) is 4.98 Å². The summed E-state index contributed by atoms with van der Waals surface area (Å²) in [7, 11) is -1.42. The van der Waals surface area contributed by atoms with Gasteiger partial charge in [-0.05, 0) is 24.5 Å². The summed E-state index contributed by atoms with van der Waals surface area (Å²) in [6.45, 7) is 2.90. The molecule has 6 heteroatoms. The van der Waals surface area contributed by atoms with E-state index in [2.05, 4.69) is 4.98 Å². The van der Waals surface area contributed by atoms with Crippen molar-refractivity contribution < 1.29 is 10.0 Å². The van der Waals surface area contributed by atoms with Gasteiger partial charge in [0.25, 0.3) is 0 Å². The molecule has 0 spiro atoms. The van der Waals surface area contributed by atoms with Crippen LogP contribution in [0.5, 0.6) is 0 Å². The van der Waals surface area contributed by atoms with Crippen LogP contribution in [0.1, 0.15) is 6.92 Å². The summed E-state index contributed by atoms with van der Waals surface area (Å²) in [4.78, 5) is 4.17. The lowest BCUT2D eigenvalue weighted by molar-refractivity contribution is 0.426. The molecule has 80 valence electrons. The lowest BCUT2D eigenvalue weighted by atomic mass is 9.80. The predicted octanol–water partition coefficient (Wildman–Crippen LogP) is 0.158. The van der Waals surface area contributed by atoms with Crippen LogP contribution >= 0.6 is 12.4 Å². The maximum Gasteiger partial charge on any atom is 0.488 e. The molecule has 0 saturated carbocycles. The second kappa shape index (κ2) is 4.66. The zero-order valence-corrected chi connectivity index (χ0v) is 9.11. The van der Waals surface area contributed by atoms with Gasteiger partial charge in [0.1, 0.15) is 0 Å². The third kappa shape index (κ3) is 2.14. The molecular weight excluding hydrogens is 214 g/mol. The van der Waals surface area contributed by atoms with Crippen molar-refractivity contribution in [1.82, 2.24) is 9.55 Å². The van der Waals surface area contributed by atoms with Gasteiger partial charge < -0.3 is 14.6 Å². The Bertz CT molecular complexity index is 458. The van der Waals surface area contributed by atoms with Gasteiger partial charge in [0.2, 0.25) is 0 Å². The smallest absolute Gasteiger partial charge is 0.423 e. The predicted molar refractivity (Wildman–Crippen MR) is 62.5 cm³/mol. The largest absolute Gasteiger partial charge is 0.488 e. The first kappa shape index (κ1) is 12.0. The van der Waals surface area contributed by atoms with Gasteiger partial charge in [0.15, 0.2) is 0 Å². The number of aryl methyl sites for hydroxylation is 1. The number of hydrogen-bond acceptors (Lipinski definition) is 3. The summed E-state index contributed by atoms with van der Waals surface area (Å²) < 4.78 is 2.00. The number of rotatable bonds is 2. The number of nitrogens with zero attached hydrogens (tertiary/aromatic N) is 2. The van der Waals surface area contributed by atoms with E-state index >= 15 is 0 Å². The fourth-order valence-corrected chi connectivity index (χ4v) is 1.49. The number of hydrogen-bond donors (Lipinski definition) is 2. The SMILES string of the molecule is CCn1cnc2cc(B(O)O)ccc21.Cl. The third-order valence-electron chi connectivity index (χ3n) is 2.28. The number of imidazole rings is 1. The summed E-state index contributed by atoms with van der Waals surface area (Å²) >= 11 is 0. The monoisotopic (exact) mass is 226 g/mol. The average molecular weight is 226 g/mol.